The Labute approximate surface area is 168 Å². The zero-order valence-electron chi connectivity index (χ0n) is 16.4. The molecule has 0 unspecified atom stereocenters. The lowest BCUT2D eigenvalue weighted by Crippen LogP contribution is -2.12. The lowest BCUT2D eigenvalue weighted by atomic mass is 10.0. The molecule has 0 saturated carbocycles. The highest BCUT2D eigenvalue weighted by atomic mass is 16.5. The lowest BCUT2D eigenvalue weighted by molar-refractivity contribution is -0.131. The number of aliphatic carboxylic acids is 1. The van der Waals surface area contributed by atoms with Crippen molar-refractivity contribution in [2.45, 2.75) is 33.1 Å². The highest BCUT2D eigenvalue weighted by Gasteiger charge is 2.16. The number of rotatable bonds is 11. The van der Waals surface area contributed by atoms with E-state index in [1.54, 1.807) is 12.1 Å². The van der Waals surface area contributed by atoms with Gasteiger partial charge in [0.15, 0.2) is 5.78 Å². The fourth-order valence-corrected chi connectivity index (χ4v) is 2.79. The Kier molecular flexibility index (Phi) is 7.77. The summed E-state index contributed by atoms with van der Waals surface area (Å²) in [5.74, 6) is -1.62. The predicted octanol–water partition coefficient (Wildman–Crippen LogP) is 3.66. The van der Waals surface area contributed by atoms with Crippen molar-refractivity contribution in [1.29, 1.82) is 0 Å². The van der Waals surface area contributed by atoms with E-state index in [4.69, 9.17) is 14.6 Å². The van der Waals surface area contributed by atoms with Gasteiger partial charge in [0.2, 0.25) is 0 Å². The number of ether oxygens (including phenoxy) is 2. The minimum Gasteiger partial charge on any atom is -0.507 e. The van der Waals surface area contributed by atoms with Gasteiger partial charge in [0, 0.05) is 17.5 Å². The first-order chi connectivity index (χ1) is 13.8. The van der Waals surface area contributed by atoms with Crippen LogP contribution in [0.2, 0.25) is 0 Å². The molecule has 0 atom stereocenters. The number of phenolic OH excluding ortho intramolecular Hbond substituents is 1. The van der Waals surface area contributed by atoms with Crippen LogP contribution >= 0.6 is 0 Å². The summed E-state index contributed by atoms with van der Waals surface area (Å²) >= 11 is 0. The molecule has 2 rings (SSSR count). The van der Waals surface area contributed by atoms with Gasteiger partial charge in [0.25, 0.3) is 5.78 Å². The number of hydrogen-bond donors (Lipinski definition) is 2. The molecule has 0 aliphatic carbocycles. The standard InChI is InChI=1S/C22H24O7/c1-3-5-18-19(11-10-17(14(2)23)21(18)25)29-13-4-12-28-16-8-6-15(7-9-16)20(24)22(26)27/h6-11,25H,3-5,12-13H2,1-2H3,(H,26,27). The van der Waals surface area contributed by atoms with E-state index in [9.17, 15) is 19.5 Å². The summed E-state index contributed by atoms with van der Waals surface area (Å²) in [7, 11) is 0. The van der Waals surface area contributed by atoms with Crippen LogP contribution in [0.1, 0.15) is 53.0 Å². The van der Waals surface area contributed by atoms with Crippen LogP contribution in [0, 0.1) is 0 Å². The maximum atomic E-state index is 11.6. The lowest BCUT2D eigenvalue weighted by Gasteiger charge is -2.15. The molecule has 7 heteroatoms. The van der Waals surface area contributed by atoms with Gasteiger partial charge < -0.3 is 19.7 Å². The summed E-state index contributed by atoms with van der Waals surface area (Å²) < 4.78 is 11.3. The van der Waals surface area contributed by atoms with Crippen molar-refractivity contribution in [3.8, 4) is 17.2 Å². The number of Topliss-reactive ketones (excluding diaryl/α,β-unsaturated/α-hetero) is 2. The summed E-state index contributed by atoms with van der Waals surface area (Å²) in [6.07, 6.45) is 1.96. The Morgan fingerprint density at radius 3 is 2.21 bits per heavy atom. The minimum atomic E-state index is -1.50. The Bertz CT molecular complexity index is 885. The van der Waals surface area contributed by atoms with Crippen molar-refractivity contribution in [3.05, 3.63) is 53.1 Å². The largest absolute Gasteiger partial charge is 0.507 e. The maximum absolute atomic E-state index is 11.6. The van der Waals surface area contributed by atoms with Gasteiger partial charge in [0.05, 0.1) is 18.8 Å². The second kappa shape index (κ2) is 10.3. The van der Waals surface area contributed by atoms with Crippen molar-refractivity contribution in [3.63, 3.8) is 0 Å². The van der Waals surface area contributed by atoms with Crippen molar-refractivity contribution >= 4 is 17.5 Å². The van der Waals surface area contributed by atoms with E-state index in [0.29, 0.717) is 43.1 Å². The third-order valence-corrected chi connectivity index (χ3v) is 4.24. The molecule has 154 valence electrons. The number of carbonyl (C=O) groups is 3. The molecule has 29 heavy (non-hydrogen) atoms. The molecule has 0 aliphatic heterocycles. The Balaban J connectivity index is 1.88. The number of aromatic hydroxyl groups is 1. The van der Waals surface area contributed by atoms with Gasteiger partial charge in [-0.25, -0.2) is 4.79 Å². The summed E-state index contributed by atoms with van der Waals surface area (Å²) in [4.78, 5) is 33.6. The molecule has 0 spiro atoms. The molecular formula is C22H24O7. The quantitative estimate of drug-likeness (QED) is 0.336. The molecule has 2 aromatic rings. The number of carboxylic acid groups (broad SMARTS) is 1. The molecule has 0 fully saturated rings. The van der Waals surface area contributed by atoms with Crippen LogP contribution in [0.15, 0.2) is 36.4 Å². The number of ketones is 2. The first kappa shape index (κ1) is 21.9. The molecular weight excluding hydrogens is 376 g/mol. The van der Waals surface area contributed by atoms with E-state index in [1.165, 1.54) is 31.2 Å². The Morgan fingerprint density at radius 2 is 1.62 bits per heavy atom. The van der Waals surface area contributed by atoms with Crippen molar-refractivity contribution in [2.24, 2.45) is 0 Å². The highest BCUT2D eigenvalue weighted by molar-refractivity contribution is 6.39. The first-order valence-corrected chi connectivity index (χ1v) is 9.34. The van der Waals surface area contributed by atoms with Crippen molar-refractivity contribution in [1.82, 2.24) is 0 Å². The molecule has 0 radical (unpaired) electrons. The molecule has 0 aliphatic rings. The van der Waals surface area contributed by atoms with Gasteiger partial charge in [0.1, 0.15) is 17.2 Å². The molecule has 0 bridgehead atoms. The molecule has 2 aromatic carbocycles. The van der Waals surface area contributed by atoms with Crippen LogP contribution in [-0.4, -0.2) is 41.0 Å². The molecule has 7 nitrogen and oxygen atoms in total. The first-order valence-electron chi connectivity index (χ1n) is 9.34. The highest BCUT2D eigenvalue weighted by Crippen LogP contribution is 2.33. The van der Waals surface area contributed by atoms with Crippen LogP contribution in [0.3, 0.4) is 0 Å². The zero-order valence-corrected chi connectivity index (χ0v) is 16.4. The fraction of sp³-hybridized carbons (Fsp3) is 0.318. The molecule has 0 saturated heterocycles. The minimum absolute atomic E-state index is 0.0240. The number of hydrogen-bond acceptors (Lipinski definition) is 6. The van der Waals surface area contributed by atoms with Gasteiger partial charge in [-0.15, -0.1) is 0 Å². The van der Waals surface area contributed by atoms with E-state index in [-0.39, 0.29) is 22.7 Å². The number of carbonyl (C=O) groups excluding carboxylic acids is 2. The van der Waals surface area contributed by atoms with Crippen LogP contribution in [0.4, 0.5) is 0 Å². The normalized spacial score (nSPS) is 10.4. The van der Waals surface area contributed by atoms with Crippen LogP contribution < -0.4 is 9.47 Å². The SMILES string of the molecule is CCCc1c(OCCCOc2ccc(C(=O)C(=O)O)cc2)ccc(C(C)=O)c1O. The predicted molar refractivity (Wildman–Crippen MR) is 106 cm³/mol. The molecule has 0 amide bonds. The van der Waals surface area contributed by atoms with Crippen molar-refractivity contribution < 1.29 is 34.1 Å². The summed E-state index contributed by atoms with van der Waals surface area (Å²) in [6, 6.07) is 9.13. The van der Waals surface area contributed by atoms with Gasteiger partial charge in [-0.3, -0.25) is 9.59 Å². The number of carboxylic acids is 1. The van der Waals surface area contributed by atoms with E-state index in [0.717, 1.165) is 6.42 Å². The average molecular weight is 400 g/mol. The summed E-state index contributed by atoms with van der Waals surface area (Å²) in [5, 5.41) is 19.0. The zero-order chi connectivity index (χ0) is 21.4. The van der Waals surface area contributed by atoms with E-state index in [2.05, 4.69) is 0 Å². The van der Waals surface area contributed by atoms with Crippen LogP contribution in [0.5, 0.6) is 17.2 Å². The van der Waals surface area contributed by atoms with Crippen molar-refractivity contribution in [2.75, 3.05) is 13.2 Å². The van der Waals surface area contributed by atoms with Crippen LogP contribution in [-0.2, 0) is 11.2 Å². The number of benzene rings is 2. The third kappa shape index (κ3) is 5.81. The average Bonchev–Trinajstić information content (AvgIpc) is 2.69. The Hall–Kier alpha value is -3.35. The van der Waals surface area contributed by atoms with E-state index >= 15 is 0 Å². The smallest absolute Gasteiger partial charge is 0.377 e. The Morgan fingerprint density at radius 1 is 0.966 bits per heavy atom. The monoisotopic (exact) mass is 400 g/mol. The number of phenols is 1. The molecule has 0 heterocycles. The third-order valence-electron chi connectivity index (χ3n) is 4.24. The van der Waals surface area contributed by atoms with Gasteiger partial charge in [-0.2, -0.15) is 0 Å². The second-order valence-electron chi connectivity index (χ2n) is 6.45. The van der Waals surface area contributed by atoms with Gasteiger partial charge in [-0.1, -0.05) is 13.3 Å². The fourth-order valence-electron chi connectivity index (χ4n) is 2.79. The van der Waals surface area contributed by atoms with Gasteiger partial charge in [-0.05, 0) is 49.7 Å². The van der Waals surface area contributed by atoms with E-state index in [1.807, 2.05) is 6.92 Å². The molecule has 0 aromatic heterocycles. The second-order valence-corrected chi connectivity index (χ2v) is 6.45. The van der Waals surface area contributed by atoms with Crippen LogP contribution in [0.25, 0.3) is 0 Å². The van der Waals surface area contributed by atoms with E-state index < -0.39 is 11.8 Å². The summed E-state index contributed by atoms with van der Waals surface area (Å²) in [5.41, 5.74) is 0.999. The van der Waals surface area contributed by atoms with Gasteiger partial charge >= 0.3 is 5.97 Å². The molecule has 2 N–H and O–H groups in total. The maximum Gasteiger partial charge on any atom is 0.377 e. The topological polar surface area (TPSA) is 110 Å². The summed E-state index contributed by atoms with van der Waals surface area (Å²) in [6.45, 7) is 4.09.